The lowest BCUT2D eigenvalue weighted by Gasteiger charge is -2.41. The molecule has 86 valence electrons. The summed E-state index contributed by atoms with van der Waals surface area (Å²) in [5.41, 5.74) is -2.05. The Bertz CT molecular complexity index is 290. The number of esters is 1. The van der Waals surface area contributed by atoms with Crippen LogP contribution < -0.4 is 0 Å². The summed E-state index contributed by atoms with van der Waals surface area (Å²) in [5, 5.41) is 8.77. The average Bonchev–Trinajstić information content (AvgIpc) is 1.96. The highest BCUT2D eigenvalue weighted by Gasteiger charge is 2.66. The predicted octanol–water partition coefficient (Wildman–Crippen LogP) is 1.44. The van der Waals surface area contributed by atoms with Crippen LogP contribution in [0.15, 0.2) is 0 Å². The first-order valence-electron chi connectivity index (χ1n) is 4.52. The van der Waals surface area contributed by atoms with Crippen LogP contribution in [0.2, 0.25) is 0 Å². The molecule has 0 saturated heterocycles. The summed E-state index contributed by atoms with van der Waals surface area (Å²) in [6, 6.07) is 0. The summed E-state index contributed by atoms with van der Waals surface area (Å²) < 4.78 is 29.9. The van der Waals surface area contributed by atoms with E-state index in [1.54, 1.807) is 0 Å². The summed E-state index contributed by atoms with van der Waals surface area (Å²) in [6.07, 6.45) is -2.45. The van der Waals surface area contributed by atoms with E-state index in [0.717, 1.165) is 0 Å². The van der Waals surface area contributed by atoms with Crippen LogP contribution >= 0.6 is 0 Å². The molecule has 0 unspecified atom stereocenters. The molecule has 0 radical (unpaired) electrons. The first-order valence-corrected chi connectivity index (χ1v) is 4.52. The molecule has 0 aromatic heterocycles. The van der Waals surface area contributed by atoms with Crippen molar-refractivity contribution in [1.29, 1.82) is 0 Å². The van der Waals surface area contributed by atoms with Gasteiger partial charge < -0.3 is 9.84 Å². The lowest BCUT2D eigenvalue weighted by molar-refractivity contribution is -0.211. The molecule has 1 aliphatic carbocycles. The number of hydrogen-bond acceptors (Lipinski definition) is 3. The number of hydrogen-bond donors (Lipinski definition) is 1. The van der Waals surface area contributed by atoms with Crippen molar-refractivity contribution in [2.45, 2.75) is 38.7 Å². The summed E-state index contributed by atoms with van der Waals surface area (Å²) >= 11 is 0. The first-order chi connectivity index (χ1) is 6.69. The van der Waals surface area contributed by atoms with Gasteiger partial charge in [0, 0.05) is 12.8 Å². The van der Waals surface area contributed by atoms with Crippen LogP contribution in [-0.4, -0.2) is 29.1 Å². The number of carbonyl (C=O) groups excluding carboxylic acids is 1. The molecule has 1 aliphatic rings. The van der Waals surface area contributed by atoms with Crippen LogP contribution in [0.3, 0.4) is 0 Å². The Labute approximate surface area is 85.2 Å². The fourth-order valence-corrected chi connectivity index (χ4v) is 1.54. The average molecular weight is 222 g/mol. The molecular formula is C9H12F2O4. The van der Waals surface area contributed by atoms with Gasteiger partial charge >= 0.3 is 11.9 Å². The highest BCUT2D eigenvalue weighted by Crippen LogP contribution is 2.53. The first kappa shape index (κ1) is 11.9. The van der Waals surface area contributed by atoms with Crippen molar-refractivity contribution in [1.82, 2.24) is 0 Å². The molecule has 0 aromatic rings. The lowest BCUT2D eigenvalue weighted by Crippen LogP contribution is -2.56. The van der Waals surface area contributed by atoms with Gasteiger partial charge in [-0.05, 0) is 13.8 Å². The molecule has 15 heavy (non-hydrogen) atoms. The van der Waals surface area contributed by atoms with Crippen molar-refractivity contribution in [3.8, 4) is 0 Å². The SMILES string of the molecule is CC(C)OC(=O)C1(C(=O)O)CC(F)(F)C1. The van der Waals surface area contributed by atoms with Gasteiger partial charge in [0.15, 0.2) is 5.41 Å². The van der Waals surface area contributed by atoms with E-state index in [9.17, 15) is 18.4 Å². The van der Waals surface area contributed by atoms with Gasteiger partial charge in [-0.15, -0.1) is 0 Å². The van der Waals surface area contributed by atoms with E-state index in [4.69, 9.17) is 5.11 Å². The van der Waals surface area contributed by atoms with E-state index in [0.29, 0.717) is 0 Å². The molecule has 0 amide bonds. The second kappa shape index (κ2) is 3.43. The summed E-state index contributed by atoms with van der Waals surface area (Å²) in [6.45, 7) is 3.06. The molecule has 0 heterocycles. The maximum Gasteiger partial charge on any atom is 0.324 e. The number of ether oxygens (including phenoxy) is 1. The van der Waals surface area contributed by atoms with Crippen LogP contribution in [0.1, 0.15) is 26.7 Å². The Kier molecular flexibility index (Phi) is 2.71. The maximum absolute atomic E-state index is 12.6. The number of carbonyl (C=O) groups is 2. The molecule has 0 aromatic carbocycles. The van der Waals surface area contributed by atoms with Crippen molar-refractivity contribution >= 4 is 11.9 Å². The number of carboxylic acids is 1. The molecule has 6 heteroatoms. The van der Waals surface area contributed by atoms with Crippen LogP contribution in [0.4, 0.5) is 8.78 Å². The zero-order valence-corrected chi connectivity index (χ0v) is 8.42. The number of carboxylic acid groups (broad SMARTS) is 1. The lowest BCUT2D eigenvalue weighted by atomic mass is 9.66. The minimum absolute atomic E-state index is 0.511. The Hall–Kier alpha value is -1.20. The molecule has 1 N–H and O–H groups in total. The van der Waals surface area contributed by atoms with Crippen molar-refractivity contribution in [3.05, 3.63) is 0 Å². The molecular weight excluding hydrogens is 210 g/mol. The summed E-state index contributed by atoms with van der Waals surface area (Å²) in [4.78, 5) is 22.1. The van der Waals surface area contributed by atoms with Gasteiger partial charge in [0.1, 0.15) is 0 Å². The van der Waals surface area contributed by atoms with Gasteiger partial charge in [-0.2, -0.15) is 0 Å². The van der Waals surface area contributed by atoms with Crippen LogP contribution in [-0.2, 0) is 14.3 Å². The topological polar surface area (TPSA) is 63.6 Å². The third kappa shape index (κ3) is 2.08. The highest BCUT2D eigenvalue weighted by atomic mass is 19.3. The quantitative estimate of drug-likeness (QED) is 0.579. The number of aliphatic carboxylic acids is 1. The summed E-state index contributed by atoms with van der Waals surface area (Å²) in [5.74, 6) is -5.69. The number of rotatable bonds is 3. The van der Waals surface area contributed by atoms with Gasteiger partial charge in [-0.3, -0.25) is 9.59 Å². The molecule has 1 rings (SSSR count). The third-order valence-electron chi connectivity index (χ3n) is 2.26. The monoisotopic (exact) mass is 222 g/mol. The predicted molar refractivity (Wildman–Crippen MR) is 45.5 cm³/mol. The van der Waals surface area contributed by atoms with E-state index >= 15 is 0 Å². The van der Waals surface area contributed by atoms with E-state index < -0.39 is 42.2 Å². The Morgan fingerprint density at radius 1 is 1.33 bits per heavy atom. The number of halogens is 2. The van der Waals surface area contributed by atoms with E-state index in [1.165, 1.54) is 13.8 Å². The largest absolute Gasteiger partial charge is 0.480 e. The highest BCUT2D eigenvalue weighted by molar-refractivity contribution is 6.00. The smallest absolute Gasteiger partial charge is 0.324 e. The summed E-state index contributed by atoms with van der Waals surface area (Å²) in [7, 11) is 0. The standard InChI is InChI=1S/C9H12F2O4/c1-5(2)15-7(14)8(6(12)13)3-9(10,11)4-8/h5H,3-4H2,1-2H3,(H,12,13). The van der Waals surface area contributed by atoms with Gasteiger partial charge in [0.2, 0.25) is 0 Å². The van der Waals surface area contributed by atoms with Crippen LogP contribution in [0.5, 0.6) is 0 Å². The van der Waals surface area contributed by atoms with E-state index in [2.05, 4.69) is 4.74 Å². The van der Waals surface area contributed by atoms with Crippen LogP contribution in [0, 0.1) is 5.41 Å². The second-order valence-corrected chi connectivity index (χ2v) is 4.05. The zero-order chi connectivity index (χ0) is 11.9. The van der Waals surface area contributed by atoms with Crippen molar-refractivity contribution in [3.63, 3.8) is 0 Å². The minimum Gasteiger partial charge on any atom is -0.480 e. The van der Waals surface area contributed by atoms with Crippen molar-refractivity contribution in [2.75, 3.05) is 0 Å². The van der Waals surface area contributed by atoms with Crippen LogP contribution in [0.25, 0.3) is 0 Å². The molecule has 1 fully saturated rings. The zero-order valence-electron chi connectivity index (χ0n) is 8.42. The van der Waals surface area contributed by atoms with Gasteiger partial charge in [-0.1, -0.05) is 0 Å². The van der Waals surface area contributed by atoms with E-state index in [-0.39, 0.29) is 0 Å². The number of alkyl halides is 2. The van der Waals surface area contributed by atoms with Gasteiger partial charge in [0.05, 0.1) is 6.10 Å². The normalized spacial score (nSPS) is 21.9. The molecule has 0 bridgehead atoms. The fourth-order valence-electron chi connectivity index (χ4n) is 1.54. The second-order valence-electron chi connectivity index (χ2n) is 4.05. The Morgan fingerprint density at radius 3 is 2.07 bits per heavy atom. The van der Waals surface area contributed by atoms with Crippen molar-refractivity contribution < 1.29 is 28.2 Å². The fraction of sp³-hybridized carbons (Fsp3) is 0.778. The van der Waals surface area contributed by atoms with Gasteiger partial charge in [0.25, 0.3) is 5.92 Å². The third-order valence-corrected chi connectivity index (χ3v) is 2.26. The molecule has 0 atom stereocenters. The van der Waals surface area contributed by atoms with E-state index in [1.807, 2.05) is 0 Å². The molecule has 1 saturated carbocycles. The van der Waals surface area contributed by atoms with Crippen molar-refractivity contribution in [2.24, 2.45) is 5.41 Å². The maximum atomic E-state index is 12.6. The molecule has 0 aliphatic heterocycles. The molecule has 0 spiro atoms. The van der Waals surface area contributed by atoms with Gasteiger partial charge in [-0.25, -0.2) is 8.78 Å². The Balaban J connectivity index is 2.78. The molecule has 4 nitrogen and oxygen atoms in total. The Morgan fingerprint density at radius 2 is 1.80 bits per heavy atom. The minimum atomic E-state index is -3.08.